The molecule has 0 spiro atoms. The van der Waals surface area contributed by atoms with Gasteiger partial charge in [0.1, 0.15) is 18.6 Å². The van der Waals surface area contributed by atoms with Crippen molar-refractivity contribution in [2.24, 2.45) is 5.16 Å². The SMILES string of the molecule is Clc1ccc(-c2nc3occn3c2C=NOCc2ccc(Cl)c(Cl)c2)cc1. The topological polar surface area (TPSA) is 52.0 Å². The average Bonchev–Trinajstić information content (AvgIpc) is 3.24. The molecule has 2 aromatic carbocycles. The zero-order valence-corrected chi connectivity index (χ0v) is 16.0. The van der Waals surface area contributed by atoms with Crippen LogP contribution < -0.4 is 0 Å². The quantitative estimate of drug-likeness (QED) is 0.289. The maximum Gasteiger partial charge on any atom is 0.306 e. The highest BCUT2D eigenvalue weighted by Crippen LogP contribution is 2.26. The Morgan fingerprint density at radius 1 is 1.07 bits per heavy atom. The lowest BCUT2D eigenvalue weighted by Gasteiger charge is -2.02. The Labute approximate surface area is 169 Å². The minimum atomic E-state index is 0.261. The van der Waals surface area contributed by atoms with E-state index < -0.39 is 0 Å². The van der Waals surface area contributed by atoms with Crippen LogP contribution >= 0.6 is 34.8 Å². The highest BCUT2D eigenvalue weighted by Gasteiger charge is 2.14. The van der Waals surface area contributed by atoms with Crippen LogP contribution in [0, 0.1) is 0 Å². The van der Waals surface area contributed by atoms with Crippen LogP contribution in [0.2, 0.25) is 15.1 Å². The Kier molecular flexibility index (Phi) is 5.07. The van der Waals surface area contributed by atoms with Crippen molar-refractivity contribution in [3.05, 3.63) is 81.2 Å². The first-order chi connectivity index (χ1) is 13.1. The van der Waals surface area contributed by atoms with Gasteiger partial charge in [-0.1, -0.05) is 58.2 Å². The van der Waals surface area contributed by atoms with E-state index in [0.29, 0.717) is 26.6 Å². The Hall–Kier alpha value is -2.47. The second-order valence-corrected chi connectivity index (χ2v) is 6.92. The van der Waals surface area contributed by atoms with Crippen LogP contribution in [0.15, 0.2) is 64.5 Å². The van der Waals surface area contributed by atoms with E-state index >= 15 is 0 Å². The monoisotopic (exact) mass is 419 g/mol. The molecule has 2 aromatic heterocycles. The van der Waals surface area contributed by atoms with E-state index in [1.54, 1.807) is 47.3 Å². The zero-order valence-electron chi connectivity index (χ0n) is 13.8. The lowest BCUT2D eigenvalue weighted by atomic mass is 10.1. The van der Waals surface area contributed by atoms with E-state index in [1.165, 1.54) is 0 Å². The minimum absolute atomic E-state index is 0.261. The van der Waals surface area contributed by atoms with Crippen molar-refractivity contribution in [1.82, 2.24) is 9.38 Å². The summed E-state index contributed by atoms with van der Waals surface area (Å²) in [6, 6.07) is 12.7. The summed E-state index contributed by atoms with van der Waals surface area (Å²) >= 11 is 17.9. The molecule has 0 fully saturated rings. The number of halogens is 3. The molecule has 0 aliphatic carbocycles. The van der Waals surface area contributed by atoms with E-state index in [4.69, 9.17) is 44.1 Å². The van der Waals surface area contributed by atoms with Gasteiger partial charge in [0.2, 0.25) is 0 Å². The summed E-state index contributed by atoms with van der Waals surface area (Å²) in [4.78, 5) is 9.90. The molecule has 0 saturated heterocycles. The van der Waals surface area contributed by atoms with Crippen molar-refractivity contribution < 1.29 is 9.25 Å². The molecule has 0 unspecified atom stereocenters. The van der Waals surface area contributed by atoms with Crippen molar-refractivity contribution in [2.45, 2.75) is 6.61 Å². The Bertz CT molecular complexity index is 1120. The number of rotatable bonds is 5. The average molecular weight is 421 g/mol. The molecule has 0 aliphatic heterocycles. The molecule has 4 rings (SSSR count). The smallest absolute Gasteiger partial charge is 0.306 e. The molecule has 27 heavy (non-hydrogen) atoms. The van der Waals surface area contributed by atoms with Crippen LogP contribution in [-0.2, 0) is 11.4 Å². The van der Waals surface area contributed by atoms with Gasteiger partial charge in [-0.3, -0.25) is 4.40 Å². The van der Waals surface area contributed by atoms with E-state index in [9.17, 15) is 0 Å². The summed E-state index contributed by atoms with van der Waals surface area (Å²) in [5.74, 6) is 0.464. The van der Waals surface area contributed by atoms with Gasteiger partial charge in [-0.2, -0.15) is 4.98 Å². The van der Waals surface area contributed by atoms with Gasteiger partial charge < -0.3 is 9.25 Å². The van der Waals surface area contributed by atoms with Gasteiger partial charge in [-0.15, -0.1) is 0 Å². The van der Waals surface area contributed by atoms with Crippen LogP contribution in [0.1, 0.15) is 11.3 Å². The van der Waals surface area contributed by atoms with E-state index in [2.05, 4.69) is 10.1 Å². The third-order valence-electron chi connectivity index (χ3n) is 3.88. The van der Waals surface area contributed by atoms with Gasteiger partial charge >= 0.3 is 5.84 Å². The normalized spacial score (nSPS) is 11.5. The number of imidazole rings is 1. The molecule has 0 amide bonds. The van der Waals surface area contributed by atoms with Gasteiger partial charge in [-0.05, 0) is 29.8 Å². The first kappa shape index (κ1) is 17.9. The number of nitrogens with zero attached hydrogens (tertiary/aromatic N) is 3. The highest BCUT2D eigenvalue weighted by molar-refractivity contribution is 6.42. The number of oxazole rings is 1. The van der Waals surface area contributed by atoms with Crippen molar-refractivity contribution in [1.29, 1.82) is 0 Å². The molecule has 2 heterocycles. The summed E-state index contributed by atoms with van der Waals surface area (Å²) in [6.07, 6.45) is 4.92. The molecule has 5 nitrogen and oxygen atoms in total. The van der Waals surface area contributed by atoms with Crippen LogP contribution in [0.3, 0.4) is 0 Å². The molecule has 4 aromatic rings. The molecule has 136 valence electrons. The zero-order chi connectivity index (χ0) is 18.8. The molecule has 0 aliphatic rings. The molecule has 0 saturated carbocycles. The van der Waals surface area contributed by atoms with Crippen LogP contribution in [0.4, 0.5) is 0 Å². The van der Waals surface area contributed by atoms with Crippen LogP contribution in [0.25, 0.3) is 17.1 Å². The van der Waals surface area contributed by atoms with Crippen LogP contribution in [-0.4, -0.2) is 15.6 Å². The first-order valence-corrected chi connectivity index (χ1v) is 9.06. The van der Waals surface area contributed by atoms with Crippen molar-refractivity contribution in [2.75, 3.05) is 0 Å². The van der Waals surface area contributed by atoms with Crippen molar-refractivity contribution >= 4 is 46.9 Å². The van der Waals surface area contributed by atoms with E-state index in [-0.39, 0.29) is 6.61 Å². The fourth-order valence-electron chi connectivity index (χ4n) is 2.58. The summed E-state index contributed by atoms with van der Waals surface area (Å²) < 4.78 is 7.17. The molecule has 0 radical (unpaired) electrons. The standard InChI is InChI=1S/C19H12Cl3N3O2/c20-14-4-2-13(3-5-14)18-17(25-7-8-26-19(25)24-18)10-23-27-11-12-1-6-15(21)16(22)9-12/h1-10H,11H2. The van der Waals surface area contributed by atoms with Crippen molar-refractivity contribution in [3.8, 4) is 11.3 Å². The van der Waals surface area contributed by atoms with Gasteiger partial charge in [0.05, 0.1) is 22.0 Å². The first-order valence-electron chi connectivity index (χ1n) is 7.92. The second-order valence-electron chi connectivity index (χ2n) is 5.66. The molecular formula is C19H12Cl3N3O2. The molecule has 0 bridgehead atoms. The van der Waals surface area contributed by atoms with Gasteiger partial charge in [0, 0.05) is 16.8 Å². The predicted molar refractivity (Wildman–Crippen MR) is 107 cm³/mol. The number of hydrogen-bond acceptors (Lipinski definition) is 4. The fourth-order valence-corrected chi connectivity index (χ4v) is 3.02. The number of benzene rings is 2. The molecule has 0 atom stereocenters. The molecular weight excluding hydrogens is 409 g/mol. The summed E-state index contributed by atoms with van der Waals surface area (Å²) in [6.45, 7) is 0.261. The summed E-state index contributed by atoms with van der Waals surface area (Å²) in [5.41, 5.74) is 3.20. The summed E-state index contributed by atoms with van der Waals surface area (Å²) in [5, 5.41) is 5.69. The van der Waals surface area contributed by atoms with Gasteiger partial charge in [0.15, 0.2) is 0 Å². The maximum absolute atomic E-state index is 6.00. The van der Waals surface area contributed by atoms with E-state index in [0.717, 1.165) is 16.8 Å². The summed E-state index contributed by atoms with van der Waals surface area (Å²) in [7, 11) is 0. The largest absolute Gasteiger partial charge is 0.432 e. The minimum Gasteiger partial charge on any atom is -0.432 e. The van der Waals surface area contributed by atoms with E-state index in [1.807, 2.05) is 18.2 Å². The number of aromatic nitrogens is 2. The lowest BCUT2D eigenvalue weighted by molar-refractivity contribution is 0.132. The fraction of sp³-hybridized carbons (Fsp3) is 0.0526. The van der Waals surface area contributed by atoms with Crippen molar-refractivity contribution in [3.63, 3.8) is 0 Å². The second kappa shape index (κ2) is 7.64. The Morgan fingerprint density at radius 2 is 1.89 bits per heavy atom. The van der Waals surface area contributed by atoms with Crippen LogP contribution in [0.5, 0.6) is 0 Å². The Balaban J connectivity index is 1.58. The van der Waals surface area contributed by atoms with Gasteiger partial charge in [0.25, 0.3) is 0 Å². The predicted octanol–water partition coefficient (Wildman–Crippen LogP) is 6.11. The third kappa shape index (κ3) is 3.81. The number of oxime groups is 1. The number of fused-ring (bicyclic) bond motifs is 1. The molecule has 0 N–H and O–H groups in total. The maximum atomic E-state index is 6.00. The van der Waals surface area contributed by atoms with Gasteiger partial charge in [-0.25, -0.2) is 0 Å². The highest BCUT2D eigenvalue weighted by atomic mass is 35.5. The third-order valence-corrected chi connectivity index (χ3v) is 4.87. The Morgan fingerprint density at radius 3 is 2.67 bits per heavy atom. The number of hydrogen-bond donors (Lipinski definition) is 0. The molecule has 8 heteroatoms. The lowest BCUT2D eigenvalue weighted by Crippen LogP contribution is -1.93.